The molecule has 0 fully saturated rings. The number of carbonyl (C=O) groups is 1. The lowest BCUT2D eigenvalue weighted by Gasteiger charge is -2.24. The molecule has 0 unspecified atom stereocenters. The Morgan fingerprint density at radius 3 is 2.29 bits per heavy atom. The fourth-order valence-corrected chi connectivity index (χ4v) is 4.55. The minimum atomic E-state index is -3.49. The van der Waals surface area contributed by atoms with E-state index in [0.717, 1.165) is 17.4 Å². The predicted molar refractivity (Wildman–Crippen MR) is 129 cm³/mol. The Hall–Kier alpha value is -2.05. The highest BCUT2D eigenvalue weighted by Gasteiger charge is 2.20. The van der Waals surface area contributed by atoms with E-state index in [0.29, 0.717) is 17.1 Å². The summed E-state index contributed by atoms with van der Waals surface area (Å²) in [4.78, 5) is 12.4. The first-order valence-electron chi connectivity index (χ1n) is 10.4. The number of sulfonamides is 1. The second kappa shape index (κ2) is 10.0. The number of rotatable bonds is 8. The Morgan fingerprint density at radius 2 is 1.74 bits per heavy atom. The SMILES string of the molecule is Cc1ccc(Cl)cc1N(CCCC(=O)N[C@@H](C)c1ccc(C(C)(C)C)cc1)S(C)(=O)=O. The Labute approximate surface area is 191 Å². The lowest BCUT2D eigenvalue weighted by Crippen LogP contribution is -2.33. The third-order valence-corrected chi connectivity index (χ3v) is 6.67. The summed E-state index contributed by atoms with van der Waals surface area (Å²) in [5.74, 6) is -0.108. The van der Waals surface area contributed by atoms with Crippen LogP contribution in [0.5, 0.6) is 0 Å². The summed E-state index contributed by atoms with van der Waals surface area (Å²) < 4.78 is 25.9. The molecule has 0 radical (unpaired) electrons. The maximum atomic E-state index is 12.4. The fourth-order valence-electron chi connectivity index (χ4n) is 3.37. The van der Waals surface area contributed by atoms with E-state index in [1.807, 2.05) is 26.0 Å². The number of anilines is 1. The van der Waals surface area contributed by atoms with Crippen LogP contribution in [-0.4, -0.2) is 27.1 Å². The van der Waals surface area contributed by atoms with Gasteiger partial charge in [-0.2, -0.15) is 0 Å². The van der Waals surface area contributed by atoms with E-state index in [2.05, 4.69) is 38.2 Å². The van der Waals surface area contributed by atoms with Gasteiger partial charge in [0.15, 0.2) is 0 Å². The van der Waals surface area contributed by atoms with E-state index in [-0.39, 0.29) is 30.3 Å². The van der Waals surface area contributed by atoms with Crippen LogP contribution in [0.3, 0.4) is 0 Å². The van der Waals surface area contributed by atoms with Gasteiger partial charge in [0.2, 0.25) is 15.9 Å². The van der Waals surface area contributed by atoms with Crippen molar-refractivity contribution >= 4 is 33.2 Å². The molecule has 0 aliphatic rings. The Kier molecular flexibility index (Phi) is 8.17. The zero-order chi connectivity index (χ0) is 23.4. The van der Waals surface area contributed by atoms with Crippen molar-refractivity contribution in [3.63, 3.8) is 0 Å². The molecule has 7 heteroatoms. The van der Waals surface area contributed by atoms with Crippen LogP contribution in [0.4, 0.5) is 5.69 Å². The molecule has 170 valence electrons. The topological polar surface area (TPSA) is 66.5 Å². The Bertz CT molecular complexity index is 1010. The minimum Gasteiger partial charge on any atom is -0.350 e. The molecule has 0 saturated carbocycles. The van der Waals surface area contributed by atoms with Gasteiger partial charge < -0.3 is 5.32 Å². The Morgan fingerprint density at radius 1 is 1.13 bits per heavy atom. The van der Waals surface area contributed by atoms with Crippen molar-refractivity contribution < 1.29 is 13.2 Å². The van der Waals surface area contributed by atoms with Gasteiger partial charge >= 0.3 is 0 Å². The Balaban J connectivity index is 1.97. The largest absolute Gasteiger partial charge is 0.350 e. The molecular weight excluding hydrogens is 432 g/mol. The minimum absolute atomic E-state index is 0.0812. The molecule has 31 heavy (non-hydrogen) atoms. The maximum Gasteiger partial charge on any atom is 0.232 e. The van der Waals surface area contributed by atoms with Crippen molar-refractivity contribution in [2.45, 2.75) is 58.9 Å². The summed E-state index contributed by atoms with van der Waals surface area (Å²) in [5, 5.41) is 3.47. The molecular formula is C24H33ClN2O3S. The number of benzene rings is 2. The monoisotopic (exact) mass is 464 g/mol. The van der Waals surface area contributed by atoms with Crippen LogP contribution in [0.15, 0.2) is 42.5 Å². The summed E-state index contributed by atoms with van der Waals surface area (Å²) in [5.41, 5.74) is 3.72. The van der Waals surface area contributed by atoms with Crippen molar-refractivity contribution in [1.82, 2.24) is 5.32 Å². The standard InChI is InChI=1S/C24H33ClN2O3S/c1-17-9-14-21(25)16-22(17)27(31(6,29)30)15-7-8-23(28)26-18(2)19-10-12-20(13-11-19)24(3,4)5/h9-14,16,18H,7-8,15H2,1-6H3,(H,26,28)/t18-/m0/s1. The number of halogens is 1. The number of aryl methyl sites for hydroxylation is 1. The summed E-state index contributed by atoms with van der Waals surface area (Å²) in [7, 11) is -3.49. The quantitative estimate of drug-likeness (QED) is 0.571. The summed E-state index contributed by atoms with van der Waals surface area (Å²) >= 11 is 6.06. The molecule has 2 aromatic rings. The molecule has 0 aliphatic carbocycles. The first kappa shape index (κ1) is 25.2. The van der Waals surface area contributed by atoms with Crippen LogP contribution in [-0.2, 0) is 20.2 Å². The summed E-state index contributed by atoms with van der Waals surface area (Å²) in [6, 6.07) is 13.3. The molecule has 1 atom stereocenters. The van der Waals surface area contributed by atoms with Crippen LogP contribution in [0.2, 0.25) is 5.02 Å². The smallest absolute Gasteiger partial charge is 0.232 e. The van der Waals surface area contributed by atoms with E-state index in [9.17, 15) is 13.2 Å². The van der Waals surface area contributed by atoms with Crippen molar-refractivity contribution in [3.8, 4) is 0 Å². The van der Waals surface area contributed by atoms with Gasteiger partial charge in [0.25, 0.3) is 0 Å². The van der Waals surface area contributed by atoms with Crippen LogP contribution >= 0.6 is 11.6 Å². The van der Waals surface area contributed by atoms with Gasteiger partial charge in [0.1, 0.15) is 0 Å². The van der Waals surface area contributed by atoms with Crippen molar-refractivity contribution in [2.75, 3.05) is 17.1 Å². The number of hydrogen-bond acceptors (Lipinski definition) is 3. The molecule has 2 aromatic carbocycles. The highest BCUT2D eigenvalue weighted by Crippen LogP contribution is 2.27. The molecule has 2 rings (SSSR count). The average molecular weight is 465 g/mol. The first-order chi connectivity index (χ1) is 14.3. The van der Waals surface area contributed by atoms with Gasteiger partial charge in [-0.25, -0.2) is 8.42 Å². The molecule has 0 heterocycles. The molecule has 1 amide bonds. The second-order valence-corrected chi connectivity index (χ2v) is 11.4. The third-order valence-electron chi connectivity index (χ3n) is 5.26. The number of amides is 1. The van der Waals surface area contributed by atoms with Gasteiger partial charge in [0, 0.05) is 18.0 Å². The van der Waals surface area contributed by atoms with Gasteiger partial charge in [-0.05, 0) is 54.5 Å². The van der Waals surface area contributed by atoms with E-state index in [4.69, 9.17) is 11.6 Å². The number of nitrogens with one attached hydrogen (secondary N) is 1. The van der Waals surface area contributed by atoms with Crippen LogP contribution in [0.1, 0.15) is 63.3 Å². The highest BCUT2D eigenvalue weighted by atomic mass is 35.5. The predicted octanol–water partition coefficient (Wildman–Crippen LogP) is 5.37. The molecule has 0 spiro atoms. The highest BCUT2D eigenvalue weighted by molar-refractivity contribution is 7.92. The molecule has 0 aromatic heterocycles. The van der Waals surface area contributed by atoms with Crippen LogP contribution < -0.4 is 9.62 Å². The van der Waals surface area contributed by atoms with Crippen molar-refractivity contribution in [3.05, 3.63) is 64.2 Å². The second-order valence-electron chi connectivity index (χ2n) is 9.03. The fraction of sp³-hybridized carbons (Fsp3) is 0.458. The van der Waals surface area contributed by atoms with Gasteiger partial charge in [-0.1, -0.05) is 62.7 Å². The van der Waals surface area contributed by atoms with Gasteiger partial charge in [0.05, 0.1) is 18.0 Å². The summed E-state index contributed by atoms with van der Waals surface area (Å²) in [6.07, 6.45) is 1.80. The molecule has 0 bridgehead atoms. The average Bonchev–Trinajstić information content (AvgIpc) is 2.66. The van der Waals surface area contributed by atoms with E-state index < -0.39 is 10.0 Å². The van der Waals surface area contributed by atoms with Crippen LogP contribution in [0.25, 0.3) is 0 Å². The lowest BCUT2D eigenvalue weighted by molar-refractivity contribution is -0.121. The number of hydrogen-bond donors (Lipinski definition) is 1. The normalized spacial score (nSPS) is 13.0. The van der Waals surface area contributed by atoms with Gasteiger partial charge in [-0.15, -0.1) is 0 Å². The molecule has 5 nitrogen and oxygen atoms in total. The van der Waals surface area contributed by atoms with E-state index in [1.165, 1.54) is 9.87 Å². The van der Waals surface area contributed by atoms with E-state index >= 15 is 0 Å². The molecule has 0 aliphatic heterocycles. The number of nitrogens with zero attached hydrogens (tertiary/aromatic N) is 1. The lowest BCUT2D eigenvalue weighted by atomic mass is 9.86. The number of carbonyl (C=O) groups excluding carboxylic acids is 1. The maximum absolute atomic E-state index is 12.4. The zero-order valence-electron chi connectivity index (χ0n) is 19.2. The van der Waals surface area contributed by atoms with E-state index in [1.54, 1.807) is 18.2 Å². The molecule has 0 saturated heterocycles. The first-order valence-corrected chi connectivity index (χ1v) is 12.7. The summed E-state index contributed by atoms with van der Waals surface area (Å²) in [6.45, 7) is 10.5. The molecule has 1 N–H and O–H groups in total. The zero-order valence-corrected chi connectivity index (χ0v) is 20.8. The van der Waals surface area contributed by atoms with Gasteiger partial charge in [-0.3, -0.25) is 9.10 Å². The van der Waals surface area contributed by atoms with Crippen molar-refractivity contribution in [1.29, 1.82) is 0 Å². The van der Waals surface area contributed by atoms with Crippen LogP contribution in [0, 0.1) is 6.92 Å². The third kappa shape index (κ3) is 7.25. The van der Waals surface area contributed by atoms with Crippen molar-refractivity contribution in [2.24, 2.45) is 0 Å².